The number of carbonyl (C=O) groups excluding carboxylic acids is 1. The Kier molecular flexibility index (Phi) is 5.98. The molecule has 2 N–H and O–H groups in total. The van der Waals surface area contributed by atoms with Crippen molar-refractivity contribution < 1.29 is 22.7 Å². The van der Waals surface area contributed by atoms with Crippen molar-refractivity contribution in [3.8, 4) is 11.5 Å². The lowest BCUT2D eigenvalue weighted by molar-refractivity contribution is 0.102. The minimum absolute atomic E-state index is 0.134. The van der Waals surface area contributed by atoms with E-state index in [1.54, 1.807) is 18.2 Å². The van der Waals surface area contributed by atoms with E-state index in [4.69, 9.17) is 9.47 Å². The highest BCUT2D eigenvalue weighted by Gasteiger charge is 2.16. The summed E-state index contributed by atoms with van der Waals surface area (Å²) in [5.41, 5.74) is 0.930. The number of rotatable bonds is 7. The molecule has 2 aromatic carbocycles. The number of ether oxygens (including phenoxy) is 2. The molecule has 0 fully saturated rings. The van der Waals surface area contributed by atoms with Crippen LogP contribution in [0.15, 0.2) is 47.4 Å². The third-order valence-corrected chi connectivity index (χ3v) is 5.53. The molecule has 0 spiro atoms. The van der Waals surface area contributed by atoms with Crippen molar-refractivity contribution in [3.05, 3.63) is 48.0 Å². The molecule has 1 aliphatic heterocycles. The molecule has 0 saturated carbocycles. The van der Waals surface area contributed by atoms with Crippen molar-refractivity contribution in [2.45, 2.75) is 24.7 Å². The summed E-state index contributed by atoms with van der Waals surface area (Å²) in [6, 6.07) is 11.0. The number of fused-ring (bicyclic) bond motifs is 1. The molecule has 0 saturated heterocycles. The minimum atomic E-state index is -3.56. The summed E-state index contributed by atoms with van der Waals surface area (Å²) in [5.74, 6) is 0.887. The third kappa shape index (κ3) is 4.78. The summed E-state index contributed by atoms with van der Waals surface area (Å²) in [4.78, 5) is 12.5. The molecule has 1 heterocycles. The molecule has 8 heteroatoms. The van der Waals surface area contributed by atoms with Crippen LogP contribution in [-0.4, -0.2) is 34.1 Å². The average Bonchev–Trinajstić information content (AvgIpc) is 2.68. The van der Waals surface area contributed by atoms with E-state index >= 15 is 0 Å². The van der Waals surface area contributed by atoms with Crippen LogP contribution in [0.3, 0.4) is 0 Å². The summed E-state index contributed by atoms with van der Waals surface area (Å²) in [7, 11) is -3.56. The van der Waals surface area contributed by atoms with Gasteiger partial charge >= 0.3 is 0 Å². The highest BCUT2D eigenvalue weighted by atomic mass is 32.2. The number of nitrogens with one attached hydrogen (secondary N) is 2. The minimum Gasteiger partial charge on any atom is -0.486 e. The first-order valence-corrected chi connectivity index (χ1v) is 10.3. The van der Waals surface area contributed by atoms with Gasteiger partial charge in [0.1, 0.15) is 13.2 Å². The fourth-order valence-electron chi connectivity index (χ4n) is 2.58. The average molecular weight is 390 g/mol. The maximum atomic E-state index is 12.4. The first-order valence-electron chi connectivity index (χ1n) is 8.80. The SMILES string of the molecule is CCCCNS(=O)(=O)c1ccc(C(=O)Nc2ccc3c(c2)OCCO3)cc1. The highest BCUT2D eigenvalue weighted by Crippen LogP contribution is 2.32. The maximum absolute atomic E-state index is 12.4. The second kappa shape index (κ2) is 8.41. The summed E-state index contributed by atoms with van der Waals surface area (Å²) in [5, 5.41) is 2.77. The molecule has 0 aliphatic carbocycles. The molecular weight excluding hydrogens is 368 g/mol. The van der Waals surface area contributed by atoms with Crippen LogP contribution in [0.1, 0.15) is 30.1 Å². The standard InChI is InChI=1S/C19H22N2O5S/c1-2-3-10-20-27(23,24)16-7-4-14(5-8-16)19(22)21-15-6-9-17-18(13-15)26-12-11-25-17/h4-9,13,20H,2-3,10-12H2,1H3,(H,21,22). The molecule has 3 rings (SSSR count). The Labute approximate surface area is 158 Å². The molecule has 1 amide bonds. The monoisotopic (exact) mass is 390 g/mol. The molecule has 1 aliphatic rings. The van der Waals surface area contributed by atoms with Crippen molar-refractivity contribution >= 4 is 21.6 Å². The van der Waals surface area contributed by atoms with Gasteiger partial charge in [0.05, 0.1) is 4.90 Å². The lowest BCUT2D eigenvalue weighted by Crippen LogP contribution is -2.24. The number of carbonyl (C=O) groups is 1. The van der Waals surface area contributed by atoms with Crippen LogP contribution in [0.4, 0.5) is 5.69 Å². The Hall–Kier alpha value is -2.58. The number of sulfonamides is 1. The van der Waals surface area contributed by atoms with Gasteiger partial charge in [0.25, 0.3) is 5.91 Å². The van der Waals surface area contributed by atoms with Crippen LogP contribution in [0.25, 0.3) is 0 Å². The zero-order valence-electron chi connectivity index (χ0n) is 15.0. The quantitative estimate of drug-likeness (QED) is 0.709. The van der Waals surface area contributed by atoms with Gasteiger partial charge in [-0.2, -0.15) is 0 Å². The number of hydrogen-bond donors (Lipinski definition) is 2. The fourth-order valence-corrected chi connectivity index (χ4v) is 3.65. The molecular formula is C19H22N2O5S. The van der Waals surface area contributed by atoms with Crippen molar-refractivity contribution in [1.29, 1.82) is 0 Å². The van der Waals surface area contributed by atoms with Crippen LogP contribution in [0.5, 0.6) is 11.5 Å². The molecule has 0 bridgehead atoms. The Morgan fingerprint density at radius 2 is 1.74 bits per heavy atom. The van der Waals surface area contributed by atoms with E-state index < -0.39 is 10.0 Å². The van der Waals surface area contributed by atoms with Gasteiger partial charge < -0.3 is 14.8 Å². The van der Waals surface area contributed by atoms with E-state index in [0.717, 1.165) is 12.8 Å². The number of hydrogen-bond acceptors (Lipinski definition) is 5. The van der Waals surface area contributed by atoms with Gasteiger partial charge in [-0.1, -0.05) is 13.3 Å². The van der Waals surface area contributed by atoms with Gasteiger partial charge in [0.2, 0.25) is 10.0 Å². The Morgan fingerprint density at radius 3 is 2.44 bits per heavy atom. The molecule has 27 heavy (non-hydrogen) atoms. The summed E-state index contributed by atoms with van der Waals surface area (Å²) in [6.45, 7) is 3.35. The maximum Gasteiger partial charge on any atom is 0.255 e. The molecule has 2 aromatic rings. The van der Waals surface area contributed by atoms with Crippen molar-refractivity contribution in [3.63, 3.8) is 0 Å². The molecule has 0 atom stereocenters. The van der Waals surface area contributed by atoms with E-state index in [1.807, 2.05) is 6.92 Å². The molecule has 0 unspecified atom stereocenters. The Bertz CT molecular complexity index is 910. The van der Waals surface area contributed by atoms with Gasteiger partial charge in [-0.3, -0.25) is 4.79 Å². The third-order valence-electron chi connectivity index (χ3n) is 4.05. The van der Waals surface area contributed by atoms with Crippen molar-refractivity contribution in [2.75, 3.05) is 25.1 Å². The Balaban J connectivity index is 1.67. The molecule has 0 radical (unpaired) electrons. The van der Waals surface area contributed by atoms with Gasteiger partial charge in [0, 0.05) is 23.9 Å². The summed E-state index contributed by atoms with van der Waals surface area (Å²) in [6.07, 6.45) is 1.68. The zero-order valence-corrected chi connectivity index (χ0v) is 15.8. The van der Waals surface area contributed by atoms with Crippen LogP contribution in [-0.2, 0) is 10.0 Å². The lowest BCUT2D eigenvalue weighted by atomic mass is 10.2. The van der Waals surface area contributed by atoms with Crippen molar-refractivity contribution in [1.82, 2.24) is 4.72 Å². The number of anilines is 1. The number of unbranched alkanes of at least 4 members (excludes halogenated alkanes) is 1. The molecule has 0 aromatic heterocycles. The highest BCUT2D eigenvalue weighted by molar-refractivity contribution is 7.89. The second-order valence-electron chi connectivity index (χ2n) is 6.09. The number of benzene rings is 2. The van der Waals surface area contributed by atoms with Crippen LogP contribution in [0, 0.1) is 0 Å². The normalized spacial score (nSPS) is 13.2. The smallest absolute Gasteiger partial charge is 0.255 e. The molecule has 144 valence electrons. The van der Waals surface area contributed by atoms with Crippen LogP contribution >= 0.6 is 0 Å². The lowest BCUT2D eigenvalue weighted by Gasteiger charge is -2.19. The van der Waals surface area contributed by atoms with Gasteiger partial charge in [-0.25, -0.2) is 13.1 Å². The van der Waals surface area contributed by atoms with Gasteiger partial charge in [0.15, 0.2) is 11.5 Å². The zero-order chi connectivity index (χ0) is 19.3. The fraction of sp³-hybridized carbons (Fsp3) is 0.316. The van der Waals surface area contributed by atoms with Crippen LogP contribution in [0.2, 0.25) is 0 Å². The Morgan fingerprint density at radius 1 is 1.04 bits per heavy atom. The first kappa shape index (κ1) is 19.2. The van der Waals surface area contributed by atoms with E-state index in [2.05, 4.69) is 10.0 Å². The summed E-state index contributed by atoms with van der Waals surface area (Å²) >= 11 is 0. The van der Waals surface area contributed by atoms with E-state index in [9.17, 15) is 13.2 Å². The van der Waals surface area contributed by atoms with Gasteiger partial charge in [-0.05, 0) is 42.8 Å². The van der Waals surface area contributed by atoms with Crippen molar-refractivity contribution in [2.24, 2.45) is 0 Å². The van der Waals surface area contributed by atoms with E-state index in [-0.39, 0.29) is 10.8 Å². The second-order valence-corrected chi connectivity index (χ2v) is 7.86. The van der Waals surface area contributed by atoms with E-state index in [1.165, 1.54) is 24.3 Å². The summed E-state index contributed by atoms with van der Waals surface area (Å²) < 4.78 is 37.8. The molecule has 7 nitrogen and oxygen atoms in total. The van der Waals surface area contributed by atoms with Crippen LogP contribution < -0.4 is 19.5 Å². The number of amides is 1. The topological polar surface area (TPSA) is 93.7 Å². The predicted octanol–water partition coefficient (Wildman–Crippen LogP) is 2.79. The largest absolute Gasteiger partial charge is 0.486 e. The first-order chi connectivity index (χ1) is 13.0. The predicted molar refractivity (Wildman–Crippen MR) is 102 cm³/mol. The van der Waals surface area contributed by atoms with Gasteiger partial charge in [-0.15, -0.1) is 0 Å². The van der Waals surface area contributed by atoms with E-state index in [0.29, 0.717) is 42.5 Å².